The Morgan fingerprint density at radius 3 is 2.54 bits per heavy atom. The first kappa shape index (κ1) is 18.2. The van der Waals surface area contributed by atoms with Gasteiger partial charge in [-0.05, 0) is 41.0 Å². The maximum atomic E-state index is 12.1. The number of rotatable bonds is 6. The van der Waals surface area contributed by atoms with Gasteiger partial charge in [0.25, 0.3) is 0 Å². The van der Waals surface area contributed by atoms with Crippen LogP contribution in [0.2, 0.25) is 10.0 Å². The van der Waals surface area contributed by atoms with Crippen molar-refractivity contribution < 1.29 is 4.79 Å². The Hall–Kier alpha value is -2.56. The van der Waals surface area contributed by atoms with Crippen LogP contribution in [0, 0.1) is 0 Å². The van der Waals surface area contributed by atoms with Gasteiger partial charge in [0.1, 0.15) is 0 Å². The summed E-state index contributed by atoms with van der Waals surface area (Å²) >= 11 is 11.9. The number of aromatic nitrogens is 2. The molecule has 0 bridgehead atoms. The Bertz CT molecular complexity index is 900. The molecule has 0 atom stereocenters. The predicted octanol–water partition coefficient (Wildman–Crippen LogP) is 4.57. The molecule has 3 aromatic rings. The third-order valence-corrected chi connectivity index (χ3v) is 4.23. The van der Waals surface area contributed by atoms with Gasteiger partial charge in [0.2, 0.25) is 5.91 Å². The third-order valence-electron chi connectivity index (χ3n) is 3.80. The molecule has 0 saturated carbocycles. The van der Waals surface area contributed by atoms with E-state index in [0.717, 1.165) is 16.7 Å². The predicted molar refractivity (Wildman–Crippen MR) is 105 cm³/mol. The molecule has 0 fully saturated rings. The highest BCUT2D eigenvalue weighted by Crippen LogP contribution is 2.19. The minimum Gasteiger partial charge on any atom is -0.348 e. The van der Waals surface area contributed by atoms with Crippen LogP contribution in [0.15, 0.2) is 67.3 Å². The number of imidazole rings is 1. The minimum atomic E-state index is -0.182. The number of benzene rings is 2. The van der Waals surface area contributed by atoms with Gasteiger partial charge in [-0.15, -0.1) is 0 Å². The van der Waals surface area contributed by atoms with Crippen molar-refractivity contribution in [2.45, 2.75) is 13.1 Å². The normalized spacial score (nSPS) is 11.0. The maximum Gasteiger partial charge on any atom is 0.244 e. The molecule has 4 nitrogen and oxygen atoms in total. The van der Waals surface area contributed by atoms with Gasteiger partial charge in [-0.25, -0.2) is 4.98 Å². The van der Waals surface area contributed by atoms with Gasteiger partial charge in [-0.1, -0.05) is 47.5 Å². The highest BCUT2D eigenvalue weighted by molar-refractivity contribution is 6.34. The molecule has 132 valence electrons. The van der Waals surface area contributed by atoms with E-state index in [4.69, 9.17) is 23.2 Å². The van der Waals surface area contributed by atoms with E-state index >= 15 is 0 Å². The van der Waals surface area contributed by atoms with Gasteiger partial charge in [0, 0.05) is 41.6 Å². The number of hydrogen-bond donors (Lipinski definition) is 1. The zero-order valence-electron chi connectivity index (χ0n) is 13.9. The summed E-state index contributed by atoms with van der Waals surface area (Å²) in [5.41, 5.74) is 2.98. The van der Waals surface area contributed by atoms with Crippen molar-refractivity contribution in [3.63, 3.8) is 0 Å². The van der Waals surface area contributed by atoms with E-state index in [1.54, 1.807) is 36.8 Å². The Kier molecular flexibility index (Phi) is 6.10. The molecule has 0 saturated heterocycles. The SMILES string of the molecule is O=C(/C=C/c1cc(Cl)cc(Cl)c1)NCc1ccccc1Cn1ccnc1. The highest BCUT2D eigenvalue weighted by atomic mass is 35.5. The van der Waals surface area contributed by atoms with Crippen LogP contribution in [0.25, 0.3) is 6.08 Å². The highest BCUT2D eigenvalue weighted by Gasteiger charge is 2.04. The molecule has 0 radical (unpaired) electrons. The minimum absolute atomic E-state index is 0.182. The van der Waals surface area contributed by atoms with Crippen molar-refractivity contribution in [3.05, 3.63) is 94.0 Å². The first-order valence-corrected chi connectivity index (χ1v) is 8.80. The average molecular weight is 386 g/mol. The fraction of sp³-hybridized carbons (Fsp3) is 0.100. The van der Waals surface area contributed by atoms with Crippen molar-refractivity contribution in [1.29, 1.82) is 0 Å². The van der Waals surface area contributed by atoms with Crippen LogP contribution in [-0.2, 0) is 17.9 Å². The first-order chi connectivity index (χ1) is 12.6. The number of nitrogens with one attached hydrogen (secondary N) is 1. The van der Waals surface area contributed by atoms with Crippen LogP contribution in [0.4, 0.5) is 0 Å². The van der Waals surface area contributed by atoms with Crippen LogP contribution in [0.3, 0.4) is 0 Å². The van der Waals surface area contributed by atoms with Crippen molar-refractivity contribution in [2.24, 2.45) is 0 Å². The largest absolute Gasteiger partial charge is 0.348 e. The van der Waals surface area contributed by atoms with Gasteiger partial charge in [0.15, 0.2) is 0 Å². The molecule has 26 heavy (non-hydrogen) atoms. The summed E-state index contributed by atoms with van der Waals surface area (Å²) in [5, 5.41) is 3.97. The molecule has 0 unspecified atom stereocenters. The van der Waals surface area contributed by atoms with Crippen LogP contribution in [0.1, 0.15) is 16.7 Å². The van der Waals surface area contributed by atoms with Crippen LogP contribution >= 0.6 is 23.2 Å². The molecule has 0 aliphatic heterocycles. The molecule has 0 aliphatic carbocycles. The van der Waals surface area contributed by atoms with E-state index < -0.39 is 0 Å². The number of halogens is 2. The number of carbonyl (C=O) groups is 1. The van der Waals surface area contributed by atoms with Crippen molar-refractivity contribution in [1.82, 2.24) is 14.9 Å². The van der Waals surface area contributed by atoms with Gasteiger partial charge < -0.3 is 9.88 Å². The summed E-state index contributed by atoms with van der Waals surface area (Å²) < 4.78 is 1.99. The second kappa shape index (κ2) is 8.70. The number of carbonyl (C=O) groups excluding carboxylic acids is 1. The molecule has 1 aromatic heterocycles. The summed E-state index contributed by atoms with van der Waals surface area (Å²) in [6.45, 7) is 1.16. The number of nitrogens with zero attached hydrogens (tertiary/aromatic N) is 2. The lowest BCUT2D eigenvalue weighted by Crippen LogP contribution is -2.21. The maximum absolute atomic E-state index is 12.1. The van der Waals surface area contributed by atoms with E-state index in [-0.39, 0.29) is 5.91 Å². The van der Waals surface area contributed by atoms with E-state index in [1.807, 2.05) is 35.0 Å². The molecule has 1 heterocycles. The van der Waals surface area contributed by atoms with Gasteiger partial charge in [-0.3, -0.25) is 4.79 Å². The number of hydrogen-bond acceptors (Lipinski definition) is 2. The second-order valence-corrected chi connectivity index (χ2v) is 6.63. The molecule has 0 aliphatic rings. The summed E-state index contributed by atoms with van der Waals surface area (Å²) in [6, 6.07) is 13.1. The molecule has 1 N–H and O–H groups in total. The fourth-order valence-electron chi connectivity index (χ4n) is 2.55. The van der Waals surface area contributed by atoms with E-state index in [0.29, 0.717) is 23.1 Å². The van der Waals surface area contributed by atoms with E-state index in [1.165, 1.54) is 6.08 Å². The molecular formula is C20H17Cl2N3O. The standard InChI is InChI=1S/C20H17Cl2N3O/c21-18-9-15(10-19(22)11-18)5-6-20(26)24-12-16-3-1-2-4-17(16)13-25-8-7-23-14-25/h1-11,14H,12-13H2,(H,24,26)/b6-5+. The lowest BCUT2D eigenvalue weighted by molar-refractivity contribution is -0.116. The summed E-state index contributed by atoms with van der Waals surface area (Å²) in [4.78, 5) is 16.2. The Morgan fingerprint density at radius 2 is 1.85 bits per heavy atom. The van der Waals surface area contributed by atoms with Gasteiger partial charge >= 0.3 is 0 Å². The zero-order chi connectivity index (χ0) is 18.4. The third kappa shape index (κ3) is 5.22. The Balaban J connectivity index is 1.62. The summed E-state index contributed by atoms with van der Waals surface area (Å²) in [5.74, 6) is -0.182. The van der Waals surface area contributed by atoms with Crippen LogP contribution < -0.4 is 5.32 Å². The van der Waals surface area contributed by atoms with Crippen molar-refractivity contribution >= 4 is 35.2 Å². The monoisotopic (exact) mass is 385 g/mol. The summed E-state index contributed by atoms with van der Waals surface area (Å²) in [7, 11) is 0. The van der Waals surface area contributed by atoms with Crippen LogP contribution in [-0.4, -0.2) is 15.5 Å². The lowest BCUT2D eigenvalue weighted by atomic mass is 10.1. The zero-order valence-corrected chi connectivity index (χ0v) is 15.4. The molecular weight excluding hydrogens is 369 g/mol. The molecule has 0 spiro atoms. The fourth-order valence-corrected chi connectivity index (χ4v) is 3.09. The van der Waals surface area contributed by atoms with Gasteiger partial charge in [-0.2, -0.15) is 0 Å². The number of amides is 1. The lowest BCUT2D eigenvalue weighted by Gasteiger charge is -2.10. The first-order valence-electron chi connectivity index (χ1n) is 8.05. The summed E-state index contributed by atoms with van der Waals surface area (Å²) in [6.07, 6.45) is 8.59. The molecule has 3 rings (SSSR count). The topological polar surface area (TPSA) is 46.9 Å². The second-order valence-electron chi connectivity index (χ2n) is 5.76. The molecule has 1 amide bonds. The van der Waals surface area contributed by atoms with E-state index in [2.05, 4.69) is 10.3 Å². The molecule has 2 aromatic carbocycles. The van der Waals surface area contributed by atoms with Crippen LogP contribution in [0.5, 0.6) is 0 Å². The average Bonchev–Trinajstić information content (AvgIpc) is 3.11. The Morgan fingerprint density at radius 1 is 1.12 bits per heavy atom. The quantitative estimate of drug-likeness (QED) is 0.631. The Labute approximate surface area is 162 Å². The smallest absolute Gasteiger partial charge is 0.244 e. The molecule has 6 heteroatoms. The van der Waals surface area contributed by atoms with Crippen molar-refractivity contribution in [2.75, 3.05) is 0 Å². The van der Waals surface area contributed by atoms with Crippen molar-refractivity contribution in [3.8, 4) is 0 Å². The van der Waals surface area contributed by atoms with Gasteiger partial charge in [0.05, 0.1) is 6.33 Å². The van der Waals surface area contributed by atoms with E-state index in [9.17, 15) is 4.79 Å².